The van der Waals surface area contributed by atoms with Gasteiger partial charge in [0.1, 0.15) is 5.82 Å². The van der Waals surface area contributed by atoms with Crippen molar-refractivity contribution in [2.75, 3.05) is 64.5 Å². The van der Waals surface area contributed by atoms with Gasteiger partial charge in [-0.15, -0.1) is 0 Å². The number of ether oxygens (including phenoxy) is 2. The lowest BCUT2D eigenvalue weighted by molar-refractivity contribution is 0.0231. The van der Waals surface area contributed by atoms with E-state index in [-0.39, 0.29) is 5.41 Å². The minimum Gasteiger partial charge on any atom is -0.463 e. The lowest BCUT2D eigenvalue weighted by Gasteiger charge is -2.39. The predicted molar refractivity (Wildman–Crippen MR) is 157 cm³/mol. The van der Waals surface area contributed by atoms with Gasteiger partial charge in [0, 0.05) is 74.8 Å². The third-order valence-electron chi connectivity index (χ3n) is 9.95. The van der Waals surface area contributed by atoms with E-state index in [9.17, 15) is 0 Å². The number of fused-ring (bicyclic) bond motifs is 3. The van der Waals surface area contributed by atoms with Gasteiger partial charge in [0.2, 0.25) is 0 Å². The molecule has 1 aromatic carbocycles. The maximum absolute atomic E-state index is 6.54. The number of aromatic nitrogens is 2. The summed E-state index contributed by atoms with van der Waals surface area (Å²) in [6.07, 6.45) is 8.15. The summed E-state index contributed by atoms with van der Waals surface area (Å²) in [5.74, 6) is 1.11. The third kappa shape index (κ3) is 5.48. The molecule has 40 heavy (non-hydrogen) atoms. The predicted octanol–water partition coefficient (Wildman–Crippen LogP) is 3.59. The van der Waals surface area contributed by atoms with Crippen LogP contribution >= 0.6 is 0 Å². The number of morpholine rings is 1. The summed E-state index contributed by atoms with van der Waals surface area (Å²) in [5, 5.41) is 3.79. The number of hydrogen-bond acceptors (Lipinski definition) is 8. The number of rotatable bonds is 9. The standard InChI is InChI=1S/C32H46N6O2/c1-3-6-23-7-4-5-8-26(23)29-17-28-27(20-36(29)2)30(38-18-24-9-10-25(19-38)33-24)35-31(34-28)40-22-32(11-12-32)21-37-13-15-39-16-14-37/h4-5,7-8,24-25,29,33H,3,6,9-22H2,1-2H3. The Morgan fingerprint density at radius 3 is 2.60 bits per heavy atom. The van der Waals surface area contributed by atoms with Crippen LogP contribution in [0.5, 0.6) is 6.01 Å². The quantitative estimate of drug-likeness (QED) is 0.512. The van der Waals surface area contributed by atoms with Gasteiger partial charge in [0.15, 0.2) is 0 Å². The molecular weight excluding hydrogens is 500 g/mol. The summed E-state index contributed by atoms with van der Waals surface area (Å²) in [7, 11) is 2.27. The molecule has 0 spiro atoms. The first-order valence-corrected chi connectivity index (χ1v) is 15.7. The molecule has 5 heterocycles. The van der Waals surface area contributed by atoms with Crippen molar-refractivity contribution in [2.24, 2.45) is 5.41 Å². The van der Waals surface area contributed by atoms with Gasteiger partial charge < -0.3 is 19.7 Å². The molecule has 0 radical (unpaired) electrons. The second kappa shape index (κ2) is 11.2. The number of nitrogens with one attached hydrogen (secondary N) is 1. The van der Waals surface area contributed by atoms with Crippen molar-refractivity contribution in [3.63, 3.8) is 0 Å². The van der Waals surface area contributed by atoms with Gasteiger partial charge in [0.25, 0.3) is 0 Å². The van der Waals surface area contributed by atoms with E-state index in [2.05, 4.69) is 58.3 Å². The van der Waals surface area contributed by atoms with Gasteiger partial charge in [0.05, 0.1) is 25.5 Å². The number of aryl methyl sites for hydroxylation is 1. The molecule has 1 saturated carbocycles. The number of hydrogen-bond donors (Lipinski definition) is 1. The molecule has 1 aromatic heterocycles. The number of piperazine rings is 1. The third-order valence-corrected chi connectivity index (χ3v) is 9.95. The highest BCUT2D eigenvalue weighted by Crippen LogP contribution is 2.47. The minimum atomic E-state index is 0.243. The van der Waals surface area contributed by atoms with E-state index >= 15 is 0 Å². The molecule has 2 bridgehead atoms. The highest BCUT2D eigenvalue weighted by atomic mass is 16.5. The largest absolute Gasteiger partial charge is 0.463 e. The normalized spacial score (nSPS) is 27.9. The fourth-order valence-electron chi connectivity index (χ4n) is 7.50. The van der Waals surface area contributed by atoms with Crippen LogP contribution in [-0.4, -0.2) is 91.4 Å². The van der Waals surface area contributed by atoms with E-state index in [1.54, 1.807) is 0 Å². The molecule has 8 heteroatoms. The smallest absolute Gasteiger partial charge is 0.318 e. The Balaban J connectivity index is 1.17. The topological polar surface area (TPSA) is 66.0 Å². The van der Waals surface area contributed by atoms with Gasteiger partial charge >= 0.3 is 6.01 Å². The van der Waals surface area contributed by atoms with E-state index in [1.165, 1.54) is 48.1 Å². The van der Waals surface area contributed by atoms with Crippen molar-refractivity contribution in [3.8, 4) is 6.01 Å². The second-order valence-corrected chi connectivity index (χ2v) is 13.1. The average molecular weight is 547 g/mol. The molecular formula is C32H46N6O2. The summed E-state index contributed by atoms with van der Waals surface area (Å²) in [6.45, 7) is 10.7. The summed E-state index contributed by atoms with van der Waals surface area (Å²) in [5.41, 5.74) is 5.64. The highest BCUT2D eigenvalue weighted by Gasteiger charge is 2.45. The molecule has 0 amide bonds. The average Bonchev–Trinajstić information content (AvgIpc) is 3.66. The first-order chi connectivity index (χ1) is 19.6. The van der Waals surface area contributed by atoms with E-state index in [0.29, 0.717) is 30.7 Å². The summed E-state index contributed by atoms with van der Waals surface area (Å²) in [4.78, 5) is 17.9. The maximum Gasteiger partial charge on any atom is 0.318 e. The van der Waals surface area contributed by atoms with E-state index in [4.69, 9.17) is 19.4 Å². The lowest BCUT2D eigenvalue weighted by Crippen LogP contribution is -2.52. The first kappa shape index (κ1) is 26.6. The fourth-order valence-corrected chi connectivity index (χ4v) is 7.50. The Kier molecular flexibility index (Phi) is 7.45. The second-order valence-electron chi connectivity index (χ2n) is 13.1. The fraction of sp³-hybridized carbons (Fsp3) is 0.688. The van der Waals surface area contributed by atoms with Crippen molar-refractivity contribution in [2.45, 2.75) is 76.5 Å². The lowest BCUT2D eigenvalue weighted by atomic mass is 9.89. The molecule has 4 aliphatic heterocycles. The van der Waals surface area contributed by atoms with Crippen LogP contribution in [0.3, 0.4) is 0 Å². The SMILES string of the molecule is CCCc1ccccc1C1Cc2nc(OCC3(CN4CCOCC4)CC3)nc(N3CC4CCC(C3)N4)c2CN1C. The van der Waals surface area contributed by atoms with Gasteiger partial charge in [-0.2, -0.15) is 9.97 Å². The monoisotopic (exact) mass is 546 g/mol. The number of nitrogens with zero attached hydrogens (tertiary/aromatic N) is 5. The summed E-state index contributed by atoms with van der Waals surface area (Å²) < 4.78 is 12.1. The summed E-state index contributed by atoms with van der Waals surface area (Å²) >= 11 is 0. The van der Waals surface area contributed by atoms with Crippen molar-refractivity contribution in [1.29, 1.82) is 0 Å². The molecule has 3 unspecified atom stereocenters. The first-order valence-electron chi connectivity index (χ1n) is 15.7. The van der Waals surface area contributed by atoms with Gasteiger partial charge in [-0.1, -0.05) is 37.6 Å². The molecule has 3 atom stereocenters. The number of anilines is 1. The van der Waals surface area contributed by atoms with Crippen LogP contribution in [0.1, 0.15) is 67.5 Å². The van der Waals surface area contributed by atoms with Crippen LogP contribution in [0.25, 0.3) is 0 Å². The van der Waals surface area contributed by atoms with E-state index in [1.807, 2.05) is 0 Å². The van der Waals surface area contributed by atoms with Crippen molar-refractivity contribution >= 4 is 5.82 Å². The summed E-state index contributed by atoms with van der Waals surface area (Å²) in [6, 6.07) is 11.0. The zero-order chi connectivity index (χ0) is 27.1. The molecule has 8 nitrogen and oxygen atoms in total. The Morgan fingerprint density at radius 1 is 1.07 bits per heavy atom. The van der Waals surface area contributed by atoms with Gasteiger partial charge in [-0.3, -0.25) is 9.80 Å². The molecule has 216 valence electrons. The molecule has 2 aromatic rings. The number of likely N-dealkylation sites (N-methyl/N-ethyl adjacent to an activating group) is 1. The Morgan fingerprint density at radius 2 is 1.85 bits per heavy atom. The van der Waals surface area contributed by atoms with Crippen LogP contribution in [0, 0.1) is 5.41 Å². The van der Waals surface area contributed by atoms with Crippen LogP contribution in [-0.2, 0) is 24.1 Å². The van der Waals surface area contributed by atoms with Crippen molar-refractivity contribution in [1.82, 2.24) is 25.1 Å². The molecule has 7 rings (SSSR count). The zero-order valence-corrected chi connectivity index (χ0v) is 24.4. The van der Waals surface area contributed by atoms with Crippen LogP contribution < -0.4 is 15.0 Å². The molecule has 1 aliphatic carbocycles. The highest BCUT2D eigenvalue weighted by molar-refractivity contribution is 5.53. The van der Waals surface area contributed by atoms with Crippen molar-refractivity contribution < 1.29 is 9.47 Å². The van der Waals surface area contributed by atoms with Gasteiger partial charge in [-0.05, 0) is 50.3 Å². The van der Waals surface area contributed by atoms with Crippen LogP contribution in [0.2, 0.25) is 0 Å². The van der Waals surface area contributed by atoms with E-state index < -0.39 is 0 Å². The molecule has 5 aliphatic rings. The zero-order valence-electron chi connectivity index (χ0n) is 24.4. The minimum absolute atomic E-state index is 0.243. The molecule has 3 saturated heterocycles. The Labute approximate surface area is 239 Å². The van der Waals surface area contributed by atoms with Crippen LogP contribution in [0.4, 0.5) is 5.82 Å². The molecule has 4 fully saturated rings. The Hall–Kier alpha value is -2.26. The number of benzene rings is 1. The van der Waals surface area contributed by atoms with Crippen LogP contribution in [0.15, 0.2) is 24.3 Å². The van der Waals surface area contributed by atoms with E-state index in [0.717, 1.165) is 77.6 Å². The van der Waals surface area contributed by atoms with Gasteiger partial charge in [-0.25, -0.2) is 0 Å². The maximum atomic E-state index is 6.54. The molecule has 1 N–H and O–H groups in total. The van der Waals surface area contributed by atoms with Crippen molar-refractivity contribution in [3.05, 3.63) is 46.6 Å². The Bertz CT molecular complexity index is 1180.